The molecule has 0 aliphatic rings. The van der Waals surface area contributed by atoms with Crippen molar-refractivity contribution >= 4 is 16.7 Å². The van der Waals surface area contributed by atoms with Crippen LogP contribution in [0.2, 0.25) is 0 Å². The molecule has 0 radical (unpaired) electrons. The lowest BCUT2D eigenvalue weighted by atomic mass is 10.1. The van der Waals surface area contributed by atoms with Crippen LogP contribution in [0.5, 0.6) is 0 Å². The first kappa shape index (κ1) is 15.3. The molecular weight excluding hydrogens is 312 g/mol. The summed E-state index contributed by atoms with van der Waals surface area (Å²) in [5.74, 6) is 1.42. The van der Waals surface area contributed by atoms with Gasteiger partial charge in [-0.25, -0.2) is 9.97 Å². The lowest BCUT2D eigenvalue weighted by Gasteiger charge is -2.17. The number of hydrogen-bond acceptors (Lipinski definition) is 5. The van der Waals surface area contributed by atoms with Gasteiger partial charge in [-0.05, 0) is 25.5 Å². The molecule has 0 bridgehead atoms. The average Bonchev–Trinajstić information content (AvgIpc) is 3.08. The van der Waals surface area contributed by atoms with E-state index in [9.17, 15) is 0 Å². The SMILES string of the molecule is Cc1[nH]ncc1-c1nc(NC(C)c2ccccc2)c2ccncc2n1. The molecule has 0 aliphatic heterocycles. The van der Waals surface area contributed by atoms with E-state index in [2.05, 4.69) is 44.5 Å². The van der Waals surface area contributed by atoms with Crippen LogP contribution in [0.4, 0.5) is 5.82 Å². The van der Waals surface area contributed by atoms with Crippen LogP contribution in [0.1, 0.15) is 24.2 Å². The minimum absolute atomic E-state index is 0.116. The lowest BCUT2D eigenvalue weighted by molar-refractivity contribution is 0.876. The van der Waals surface area contributed by atoms with E-state index in [0.717, 1.165) is 28.0 Å². The van der Waals surface area contributed by atoms with Crippen molar-refractivity contribution in [2.45, 2.75) is 19.9 Å². The minimum atomic E-state index is 0.116. The maximum atomic E-state index is 4.76. The summed E-state index contributed by atoms with van der Waals surface area (Å²) < 4.78 is 0. The molecule has 0 amide bonds. The molecular formula is C19H18N6. The number of pyridine rings is 1. The molecule has 6 nitrogen and oxygen atoms in total. The number of rotatable bonds is 4. The number of nitrogens with zero attached hydrogens (tertiary/aromatic N) is 4. The fourth-order valence-electron chi connectivity index (χ4n) is 2.82. The van der Waals surface area contributed by atoms with E-state index in [4.69, 9.17) is 4.98 Å². The van der Waals surface area contributed by atoms with E-state index in [1.165, 1.54) is 5.56 Å². The number of aromatic amines is 1. The van der Waals surface area contributed by atoms with Gasteiger partial charge in [0.15, 0.2) is 5.82 Å². The van der Waals surface area contributed by atoms with Crippen LogP contribution < -0.4 is 5.32 Å². The number of H-pyrrole nitrogens is 1. The van der Waals surface area contributed by atoms with Crippen molar-refractivity contribution in [3.05, 3.63) is 66.2 Å². The molecule has 1 atom stereocenters. The van der Waals surface area contributed by atoms with E-state index in [-0.39, 0.29) is 6.04 Å². The number of nitrogens with one attached hydrogen (secondary N) is 2. The maximum Gasteiger partial charge on any atom is 0.165 e. The van der Waals surface area contributed by atoms with Crippen LogP contribution in [0.3, 0.4) is 0 Å². The van der Waals surface area contributed by atoms with Crippen LogP contribution in [0.15, 0.2) is 55.0 Å². The van der Waals surface area contributed by atoms with Crippen molar-refractivity contribution in [3.63, 3.8) is 0 Å². The highest BCUT2D eigenvalue weighted by Crippen LogP contribution is 2.28. The molecule has 0 fully saturated rings. The third-order valence-corrected chi connectivity index (χ3v) is 4.22. The Labute approximate surface area is 145 Å². The third kappa shape index (κ3) is 2.94. The first-order chi connectivity index (χ1) is 12.2. The van der Waals surface area contributed by atoms with Crippen LogP contribution in [-0.4, -0.2) is 25.1 Å². The van der Waals surface area contributed by atoms with Crippen molar-refractivity contribution in [1.29, 1.82) is 0 Å². The fraction of sp³-hybridized carbons (Fsp3) is 0.158. The van der Waals surface area contributed by atoms with Gasteiger partial charge >= 0.3 is 0 Å². The number of aromatic nitrogens is 5. The highest BCUT2D eigenvalue weighted by molar-refractivity contribution is 5.90. The zero-order valence-corrected chi connectivity index (χ0v) is 14.1. The van der Waals surface area contributed by atoms with E-state index in [1.54, 1.807) is 18.6 Å². The normalized spacial score (nSPS) is 12.2. The topological polar surface area (TPSA) is 79.4 Å². The van der Waals surface area contributed by atoms with E-state index in [1.807, 2.05) is 31.2 Å². The van der Waals surface area contributed by atoms with E-state index >= 15 is 0 Å². The molecule has 0 spiro atoms. The van der Waals surface area contributed by atoms with Gasteiger partial charge in [-0.1, -0.05) is 30.3 Å². The first-order valence-corrected chi connectivity index (χ1v) is 8.16. The molecule has 25 heavy (non-hydrogen) atoms. The smallest absolute Gasteiger partial charge is 0.165 e. The number of anilines is 1. The Morgan fingerprint density at radius 3 is 2.64 bits per heavy atom. The van der Waals surface area contributed by atoms with E-state index in [0.29, 0.717) is 5.82 Å². The Morgan fingerprint density at radius 1 is 1.04 bits per heavy atom. The summed E-state index contributed by atoms with van der Waals surface area (Å²) in [6, 6.07) is 12.3. The number of benzene rings is 1. The standard InChI is InChI=1S/C19H18N6/c1-12(14-6-4-3-5-7-14)22-18-15-8-9-20-11-17(15)23-19(24-18)16-10-21-25-13(16)2/h3-12H,1-2H3,(H,21,25)(H,22,23,24). The quantitative estimate of drug-likeness (QED) is 0.593. The molecule has 2 N–H and O–H groups in total. The van der Waals surface area contributed by atoms with Gasteiger partial charge in [0.2, 0.25) is 0 Å². The summed E-state index contributed by atoms with van der Waals surface area (Å²) in [4.78, 5) is 13.6. The highest BCUT2D eigenvalue weighted by atomic mass is 15.1. The van der Waals surface area contributed by atoms with Crippen molar-refractivity contribution in [1.82, 2.24) is 25.1 Å². The van der Waals surface area contributed by atoms with Crippen molar-refractivity contribution in [3.8, 4) is 11.4 Å². The monoisotopic (exact) mass is 330 g/mol. The number of hydrogen-bond donors (Lipinski definition) is 2. The first-order valence-electron chi connectivity index (χ1n) is 8.16. The van der Waals surface area contributed by atoms with Gasteiger partial charge in [-0.2, -0.15) is 5.10 Å². The molecule has 0 saturated heterocycles. The second-order valence-corrected chi connectivity index (χ2v) is 5.97. The Balaban J connectivity index is 1.80. The molecule has 6 heteroatoms. The molecule has 4 aromatic rings. The van der Waals surface area contributed by atoms with Gasteiger partial charge in [0.25, 0.3) is 0 Å². The molecule has 3 heterocycles. The summed E-state index contributed by atoms with van der Waals surface area (Å²) in [5.41, 5.74) is 3.83. The van der Waals surface area contributed by atoms with Gasteiger partial charge in [0, 0.05) is 23.3 Å². The fourth-order valence-corrected chi connectivity index (χ4v) is 2.82. The summed E-state index contributed by atoms with van der Waals surface area (Å²) in [7, 11) is 0. The lowest BCUT2D eigenvalue weighted by Crippen LogP contribution is -2.09. The average molecular weight is 330 g/mol. The Kier molecular flexibility index (Phi) is 3.85. The van der Waals surface area contributed by atoms with Gasteiger partial charge in [0.05, 0.1) is 23.5 Å². The van der Waals surface area contributed by atoms with Crippen LogP contribution >= 0.6 is 0 Å². The van der Waals surface area contributed by atoms with E-state index < -0.39 is 0 Å². The Bertz CT molecular complexity index is 1010. The highest BCUT2D eigenvalue weighted by Gasteiger charge is 2.14. The molecule has 1 aromatic carbocycles. The zero-order chi connectivity index (χ0) is 17.2. The Morgan fingerprint density at radius 2 is 1.88 bits per heavy atom. The second-order valence-electron chi connectivity index (χ2n) is 5.97. The molecule has 0 aliphatic carbocycles. The van der Waals surface area contributed by atoms with Crippen molar-refractivity contribution in [2.75, 3.05) is 5.32 Å². The summed E-state index contributed by atoms with van der Waals surface area (Å²) in [5, 5.41) is 11.5. The third-order valence-electron chi connectivity index (χ3n) is 4.22. The molecule has 0 saturated carbocycles. The number of aryl methyl sites for hydroxylation is 1. The van der Waals surface area contributed by atoms with Crippen molar-refractivity contribution in [2.24, 2.45) is 0 Å². The predicted octanol–water partition coefficient (Wildman–Crippen LogP) is 3.90. The molecule has 3 aromatic heterocycles. The minimum Gasteiger partial charge on any atom is -0.363 e. The molecule has 1 unspecified atom stereocenters. The van der Waals surface area contributed by atoms with Gasteiger partial charge in [-0.3, -0.25) is 10.1 Å². The number of fused-ring (bicyclic) bond motifs is 1. The van der Waals surface area contributed by atoms with Gasteiger partial charge in [0.1, 0.15) is 5.82 Å². The second kappa shape index (κ2) is 6.32. The summed E-state index contributed by atoms with van der Waals surface area (Å²) in [6.07, 6.45) is 5.26. The van der Waals surface area contributed by atoms with Crippen molar-refractivity contribution < 1.29 is 0 Å². The maximum absolute atomic E-state index is 4.76. The molecule has 124 valence electrons. The van der Waals surface area contributed by atoms with Gasteiger partial charge in [-0.15, -0.1) is 0 Å². The van der Waals surface area contributed by atoms with Crippen LogP contribution in [0, 0.1) is 6.92 Å². The summed E-state index contributed by atoms with van der Waals surface area (Å²) >= 11 is 0. The largest absolute Gasteiger partial charge is 0.363 e. The molecule has 4 rings (SSSR count). The van der Waals surface area contributed by atoms with Crippen LogP contribution in [0.25, 0.3) is 22.3 Å². The van der Waals surface area contributed by atoms with Gasteiger partial charge < -0.3 is 5.32 Å². The van der Waals surface area contributed by atoms with Crippen LogP contribution in [-0.2, 0) is 0 Å². The Hall–Kier alpha value is -3.28. The summed E-state index contributed by atoms with van der Waals surface area (Å²) in [6.45, 7) is 4.08. The predicted molar refractivity (Wildman–Crippen MR) is 98.1 cm³/mol. The zero-order valence-electron chi connectivity index (χ0n) is 14.1.